The van der Waals surface area contributed by atoms with E-state index in [0.717, 1.165) is 24.0 Å². The number of hydrogen-bond donors (Lipinski definition) is 1. The lowest BCUT2D eigenvalue weighted by molar-refractivity contribution is -0.147. The smallest absolute Gasteiger partial charge is 0.411 e. The van der Waals surface area contributed by atoms with Crippen molar-refractivity contribution in [3.8, 4) is 5.75 Å². The highest BCUT2D eigenvalue weighted by atomic mass is 16.5. The lowest BCUT2D eigenvalue weighted by Crippen LogP contribution is -2.30. The van der Waals surface area contributed by atoms with Crippen LogP contribution in [-0.4, -0.2) is 31.9 Å². The zero-order valence-electron chi connectivity index (χ0n) is 18.7. The van der Waals surface area contributed by atoms with Gasteiger partial charge in [-0.1, -0.05) is 43.7 Å². The number of ether oxygens (including phenoxy) is 4. The Kier molecular flexibility index (Phi) is 8.92. The zero-order chi connectivity index (χ0) is 22.8. The second-order valence-electron chi connectivity index (χ2n) is 7.66. The molecule has 0 fully saturated rings. The van der Waals surface area contributed by atoms with Crippen molar-refractivity contribution in [2.24, 2.45) is 5.92 Å². The van der Waals surface area contributed by atoms with E-state index < -0.39 is 6.09 Å². The third-order valence-electron chi connectivity index (χ3n) is 5.19. The Balaban J connectivity index is 1.64. The summed E-state index contributed by atoms with van der Waals surface area (Å²) < 4.78 is 22.5. The molecule has 7 nitrogen and oxygen atoms in total. The number of benzene rings is 2. The molecule has 0 bridgehead atoms. The van der Waals surface area contributed by atoms with Gasteiger partial charge in [-0.15, -0.1) is 0 Å². The van der Waals surface area contributed by atoms with Crippen molar-refractivity contribution in [2.45, 2.75) is 45.8 Å². The van der Waals surface area contributed by atoms with E-state index in [-0.39, 0.29) is 31.0 Å². The van der Waals surface area contributed by atoms with Crippen LogP contribution >= 0.6 is 0 Å². The molecular weight excluding hydrogens is 410 g/mol. The fraction of sp³-hybridized carbons (Fsp3) is 0.440. The molecule has 3 rings (SSSR count). The Bertz CT molecular complexity index is 885. The van der Waals surface area contributed by atoms with E-state index in [1.807, 2.05) is 50.2 Å². The highest BCUT2D eigenvalue weighted by Gasteiger charge is 2.34. The van der Waals surface area contributed by atoms with Crippen molar-refractivity contribution >= 4 is 17.7 Å². The molecule has 1 aliphatic heterocycles. The number of esters is 1. The molecule has 1 amide bonds. The van der Waals surface area contributed by atoms with Crippen molar-refractivity contribution in [3.05, 3.63) is 59.7 Å². The van der Waals surface area contributed by atoms with E-state index >= 15 is 0 Å². The number of anilines is 1. The van der Waals surface area contributed by atoms with Gasteiger partial charge >= 0.3 is 12.1 Å². The molecular formula is C25H31NO6. The fourth-order valence-corrected chi connectivity index (χ4v) is 3.57. The molecule has 2 unspecified atom stereocenters. The highest BCUT2D eigenvalue weighted by Crippen LogP contribution is 2.41. The molecule has 32 heavy (non-hydrogen) atoms. The van der Waals surface area contributed by atoms with E-state index in [1.165, 1.54) is 0 Å². The van der Waals surface area contributed by atoms with Gasteiger partial charge in [0.25, 0.3) is 0 Å². The molecule has 0 radical (unpaired) electrons. The molecule has 0 spiro atoms. The Morgan fingerprint density at radius 3 is 2.66 bits per heavy atom. The molecule has 0 aliphatic carbocycles. The minimum Gasteiger partial charge on any atom is -0.493 e. The Hall–Kier alpha value is -3.06. The first-order valence-electron chi connectivity index (χ1n) is 11.1. The second kappa shape index (κ2) is 12.1. The van der Waals surface area contributed by atoms with E-state index in [1.54, 1.807) is 12.1 Å². The van der Waals surface area contributed by atoms with Crippen LogP contribution in [0.5, 0.6) is 5.75 Å². The predicted molar refractivity (Wildman–Crippen MR) is 121 cm³/mol. The monoisotopic (exact) mass is 441 g/mol. The van der Waals surface area contributed by atoms with Gasteiger partial charge in [0.2, 0.25) is 0 Å². The van der Waals surface area contributed by atoms with Crippen LogP contribution in [0.2, 0.25) is 0 Å². The van der Waals surface area contributed by atoms with Crippen LogP contribution in [0.1, 0.15) is 50.3 Å². The quantitative estimate of drug-likeness (QED) is 0.400. The second-order valence-corrected chi connectivity index (χ2v) is 7.66. The molecule has 2 atom stereocenters. The SMILES string of the molecule is CCCCOC(=O)CC1COc2ccc(NC(=O)OCc3ccccc3)cc2C1OCC. The number of carbonyl (C=O) groups is 2. The summed E-state index contributed by atoms with van der Waals surface area (Å²) in [7, 11) is 0. The first-order valence-corrected chi connectivity index (χ1v) is 11.1. The van der Waals surface area contributed by atoms with Gasteiger partial charge in [0.1, 0.15) is 12.4 Å². The van der Waals surface area contributed by atoms with Crippen LogP contribution in [0.3, 0.4) is 0 Å². The zero-order valence-corrected chi connectivity index (χ0v) is 18.7. The first-order chi connectivity index (χ1) is 15.6. The summed E-state index contributed by atoms with van der Waals surface area (Å²) in [5, 5.41) is 2.75. The number of carbonyl (C=O) groups excluding carboxylic acids is 2. The van der Waals surface area contributed by atoms with Gasteiger partial charge in [0, 0.05) is 23.8 Å². The molecule has 0 saturated carbocycles. The van der Waals surface area contributed by atoms with Crippen molar-refractivity contribution in [3.63, 3.8) is 0 Å². The van der Waals surface area contributed by atoms with Crippen molar-refractivity contribution < 1.29 is 28.5 Å². The van der Waals surface area contributed by atoms with Crippen LogP contribution in [-0.2, 0) is 25.6 Å². The molecule has 172 valence electrons. The number of fused-ring (bicyclic) bond motifs is 1. The van der Waals surface area contributed by atoms with Crippen LogP contribution in [0.25, 0.3) is 0 Å². The van der Waals surface area contributed by atoms with Gasteiger partial charge < -0.3 is 18.9 Å². The van der Waals surface area contributed by atoms with E-state index in [4.69, 9.17) is 18.9 Å². The first kappa shape index (κ1) is 23.6. The predicted octanol–water partition coefficient (Wildman–Crippen LogP) is 5.25. The maximum Gasteiger partial charge on any atom is 0.411 e. The van der Waals surface area contributed by atoms with Gasteiger partial charge in [-0.05, 0) is 37.1 Å². The maximum absolute atomic E-state index is 12.2. The van der Waals surface area contributed by atoms with Crippen molar-refractivity contribution in [2.75, 3.05) is 25.1 Å². The summed E-state index contributed by atoms with van der Waals surface area (Å²) >= 11 is 0. The molecule has 2 aromatic carbocycles. The molecule has 7 heteroatoms. The van der Waals surface area contributed by atoms with E-state index in [0.29, 0.717) is 31.3 Å². The maximum atomic E-state index is 12.2. The molecule has 1 aliphatic rings. The fourth-order valence-electron chi connectivity index (χ4n) is 3.57. The van der Waals surface area contributed by atoms with Crippen LogP contribution in [0.15, 0.2) is 48.5 Å². The largest absolute Gasteiger partial charge is 0.493 e. The molecule has 1 N–H and O–H groups in total. The molecule has 1 heterocycles. The number of rotatable bonds is 10. The minimum atomic E-state index is -0.547. The Morgan fingerprint density at radius 2 is 1.91 bits per heavy atom. The molecule has 0 aromatic heterocycles. The van der Waals surface area contributed by atoms with E-state index in [2.05, 4.69) is 5.32 Å². The number of hydrogen-bond acceptors (Lipinski definition) is 6. The lowest BCUT2D eigenvalue weighted by atomic mass is 9.90. The number of amides is 1. The van der Waals surface area contributed by atoms with Crippen LogP contribution in [0, 0.1) is 5.92 Å². The Labute approximate surface area is 189 Å². The highest BCUT2D eigenvalue weighted by molar-refractivity contribution is 5.85. The molecule has 0 saturated heterocycles. The van der Waals surface area contributed by atoms with Gasteiger partial charge in [-0.2, -0.15) is 0 Å². The standard InChI is InChI=1S/C25H31NO6/c1-3-5-13-30-23(27)14-19-17-31-22-12-11-20(15-21(22)24(19)29-4-2)26-25(28)32-16-18-9-7-6-8-10-18/h6-12,15,19,24H,3-5,13-14,16-17H2,1-2H3,(H,26,28). The molecule has 2 aromatic rings. The van der Waals surface area contributed by atoms with E-state index in [9.17, 15) is 9.59 Å². The summed E-state index contributed by atoms with van der Waals surface area (Å²) in [5.74, 6) is 0.262. The average Bonchev–Trinajstić information content (AvgIpc) is 2.80. The summed E-state index contributed by atoms with van der Waals surface area (Å²) in [5.41, 5.74) is 2.28. The number of unbranched alkanes of at least 4 members (excludes halogenated alkanes) is 1. The van der Waals surface area contributed by atoms with Crippen molar-refractivity contribution in [1.29, 1.82) is 0 Å². The number of nitrogens with one attached hydrogen (secondary N) is 1. The minimum absolute atomic E-state index is 0.170. The third kappa shape index (κ3) is 6.72. The average molecular weight is 442 g/mol. The van der Waals surface area contributed by atoms with Crippen LogP contribution < -0.4 is 10.1 Å². The summed E-state index contributed by atoms with van der Waals surface area (Å²) in [6.07, 6.45) is 1.15. The van der Waals surface area contributed by atoms with Gasteiger partial charge in [0.05, 0.1) is 25.7 Å². The van der Waals surface area contributed by atoms with Gasteiger partial charge in [-0.25, -0.2) is 4.79 Å². The van der Waals surface area contributed by atoms with Gasteiger partial charge in [-0.3, -0.25) is 10.1 Å². The lowest BCUT2D eigenvalue weighted by Gasteiger charge is -2.33. The summed E-state index contributed by atoms with van der Waals surface area (Å²) in [6.45, 7) is 5.43. The normalized spacial score (nSPS) is 17.1. The Morgan fingerprint density at radius 1 is 1.09 bits per heavy atom. The topological polar surface area (TPSA) is 83.1 Å². The van der Waals surface area contributed by atoms with Gasteiger partial charge in [0.15, 0.2) is 0 Å². The third-order valence-corrected chi connectivity index (χ3v) is 5.19. The van der Waals surface area contributed by atoms with Crippen LogP contribution in [0.4, 0.5) is 10.5 Å². The summed E-state index contributed by atoms with van der Waals surface area (Å²) in [4.78, 5) is 24.5. The van der Waals surface area contributed by atoms with Crippen molar-refractivity contribution in [1.82, 2.24) is 0 Å². The summed E-state index contributed by atoms with van der Waals surface area (Å²) in [6, 6.07) is 14.8.